The van der Waals surface area contributed by atoms with Crippen LogP contribution < -0.4 is 5.73 Å². The molecule has 2 rings (SSSR count). The maximum atomic E-state index is 12.8. The summed E-state index contributed by atoms with van der Waals surface area (Å²) < 4.78 is 38.3. The predicted octanol–water partition coefficient (Wildman–Crippen LogP) is 3.56. The molecule has 1 aliphatic rings. The number of benzene rings is 1. The average molecular weight is 335 g/mol. The highest BCUT2D eigenvalue weighted by Gasteiger charge is 2.35. The second-order valence-electron chi connectivity index (χ2n) is 5.62. The van der Waals surface area contributed by atoms with Crippen LogP contribution in [0.25, 0.3) is 0 Å². The molecule has 0 aliphatic carbocycles. The molecule has 7 heteroatoms. The van der Waals surface area contributed by atoms with Crippen LogP contribution in [0.5, 0.6) is 0 Å². The quantitative estimate of drug-likeness (QED) is 0.918. The summed E-state index contributed by atoms with van der Waals surface area (Å²) in [4.78, 5) is 14.0. The standard InChI is InChI=1S/C15H18ClF3N2O/c1-2-3-9-7-21(8-13(9)20)14(22)11-6-10(15(17,18)19)4-5-12(11)16/h4-6,9,13H,2-3,7-8,20H2,1H3/t9-,13-/m0/s1. The Morgan fingerprint density at radius 2 is 2.09 bits per heavy atom. The van der Waals surface area contributed by atoms with Crippen molar-refractivity contribution in [3.63, 3.8) is 0 Å². The second kappa shape index (κ2) is 6.46. The van der Waals surface area contributed by atoms with Gasteiger partial charge in [0, 0.05) is 19.1 Å². The number of carbonyl (C=O) groups is 1. The first-order chi connectivity index (χ1) is 10.2. The minimum Gasteiger partial charge on any atom is -0.337 e. The summed E-state index contributed by atoms with van der Waals surface area (Å²) in [6.45, 7) is 2.83. The normalized spacial score (nSPS) is 22.2. The van der Waals surface area contributed by atoms with Gasteiger partial charge in [-0.05, 0) is 30.5 Å². The summed E-state index contributed by atoms with van der Waals surface area (Å²) in [5.41, 5.74) is 5.00. The second-order valence-corrected chi connectivity index (χ2v) is 6.02. The van der Waals surface area contributed by atoms with Crippen LogP contribution in [0.1, 0.15) is 35.7 Å². The zero-order valence-corrected chi connectivity index (χ0v) is 12.9. The summed E-state index contributed by atoms with van der Waals surface area (Å²) >= 11 is 5.91. The molecule has 0 aromatic heterocycles. The highest BCUT2D eigenvalue weighted by Crippen LogP contribution is 2.33. The molecular weight excluding hydrogens is 317 g/mol. The van der Waals surface area contributed by atoms with E-state index in [9.17, 15) is 18.0 Å². The number of alkyl halides is 3. The molecule has 1 heterocycles. The lowest BCUT2D eigenvalue weighted by atomic mass is 9.99. The molecule has 1 aromatic rings. The number of carbonyl (C=O) groups excluding carboxylic acids is 1. The maximum Gasteiger partial charge on any atom is 0.416 e. The van der Waals surface area contributed by atoms with E-state index in [-0.39, 0.29) is 22.5 Å². The molecule has 122 valence electrons. The fourth-order valence-corrected chi connectivity index (χ4v) is 2.97. The number of likely N-dealkylation sites (tertiary alicyclic amines) is 1. The van der Waals surface area contributed by atoms with E-state index in [0.717, 1.165) is 31.0 Å². The number of hydrogen-bond donors (Lipinski definition) is 1. The molecule has 0 unspecified atom stereocenters. The van der Waals surface area contributed by atoms with Crippen molar-refractivity contribution in [1.82, 2.24) is 4.90 Å². The predicted molar refractivity (Wildman–Crippen MR) is 78.7 cm³/mol. The summed E-state index contributed by atoms with van der Waals surface area (Å²) in [6, 6.07) is 2.64. The van der Waals surface area contributed by atoms with E-state index >= 15 is 0 Å². The maximum absolute atomic E-state index is 12.8. The number of rotatable bonds is 3. The van der Waals surface area contributed by atoms with E-state index in [4.69, 9.17) is 17.3 Å². The Labute approximate surface area is 132 Å². The van der Waals surface area contributed by atoms with E-state index in [1.54, 1.807) is 0 Å². The Morgan fingerprint density at radius 1 is 1.41 bits per heavy atom. The van der Waals surface area contributed by atoms with Crippen LogP contribution in [0, 0.1) is 5.92 Å². The highest BCUT2D eigenvalue weighted by atomic mass is 35.5. The lowest BCUT2D eigenvalue weighted by Crippen LogP contribution is -2.32. The van der Waals surface area contributed by atoms with Crippen LogP contribution in [0.4, 0.5) is 13.2 Å². The Bertz CT molecular complexity index is 562. The molecule has 1 amide bonds. The lowest BCUT2D eigenvalue weighted by molar-refractivity contribution is -0.137. The number of nitrogens with two attached hydrogens (primary N) is 1. The van der Waals surface area contributed by atoms with Gasteiger partial charge in [0.1, 0.15) is 0 Å². The van der Waals surface area contributed by atoms with Gasteiger partial charge < -0.3 is 10.6 Å². The molecule has 3 nitrogen and oxygen atoms in total. The monoisotopic (exact) mass is 334 g/mol. The van der Waals surface area contributed by atoms with Crippen molar-refractivity contribution in [2.24, 2.45) is 11.7 Å². The third kappa shape index (κ3) is 3.55. The smallest absolute Gasteiger partial charge is 0.337 e. The van der Waals surface area contributed by atoms with Crippen molar-refractivity contribution >= 4 is 17.5 Å². The van der Waals surface area contributed by atoms with Gasteiger partial charge in [0.15, 0.2) is 0 Å². The zero-order chi connectivity index (χ0) is 16.5. The molecule has 0 spiro atoms. The largest absolute Gasteiger partial charge is 0.416 e. The van der Waals surface area contributed by atoms with Crippen LogP contribution in [0.15, 0.2) is 18.2 Å². The SMILES string of the molecule is CCC[C@H]1CN(C(=O)c2cc(C(F)(F)F)ccc2Cl)C[C@@H]1N. The molecule has 0 bridgehead atoms. The van der Waals surface area contributed by atoms with Gasteiger partial charge in [-0.25, -0.2) is 0 Å². The lowest BCUT2D eigenvalue weighted by Gasteiger charge is -2.18. The van der Waals surface area contributed by atoms with Crippen LogP contribution in [-0.2, 0) is 6.18 Å². The van der Waals surface area contributed by atoms with Crippen LogP contribution >= 0.6 is 11.6 Å². The van der Waals surface area contributed by atoms with Crippen molar-refractivity contribution < 1.29 is 18.0 Å². The molecular formula is C15H18ClF3N2O. The average Bonchev–Trinajstić information content (AvgIpc) is 2.79. The molecule has 1 aliphatic heterocycles. The fraction of sp³-hybridized carbons (Fsp3) is 0.533. The van der Waals surface area contributed by atoms with Crippen LogP contribution in [-0.4, -0.2) is 29.9 Å². The van der Waals surface area contributed by atoms with Gasteiger partial charge in [-0.2, -0.15) is 13.2 Å². The summed E-state index contributed by atoms with van der Waals surface area (Å²) in [7, 11) is 0. The minimum absolute atomic E-state index is 0.0190. The Hall–Kier alpha value is -1.27. The van der Waals surface area contributed by atoms with Gasteiger partial charge in [-0.15, -0.1) is 0 Å². The molecule has 22 heavy (non-hydrogen) atoms. The molecule has 1 fully saturated rings. The number of amides is 1. The van der Waals surface area contributed by atoms with Gasteiger partial charge in [-0.3, -0.25) is 4.79 Å². The number of nitrogens with zero attached hydrogens (tertiary/aromatic N) is 1. The third-order valence-corrected chi connectivity index (χ3v) is 4.29. The van der Waals surface area contributed by atoms with E-state index in [1.807, 2.05) is 6.92 Å². The van der Waals surface area contributed by atoms with Crippen LogP contribution in [0.3, 0.4) is 0 Å². The van der Waals surface area contributed by atoms with Crippen molar-refractivity contribution in [2.75, 3.05) is 13.1 Å². The van der Waals surface area contributed by atoms with Crippen molar-refractivity contribution in [1.29, 1.82) is 0 Å². The van der Waals surface area contributed by atoms with Crippen molar-refractivity contribution in [3.05, 3.63) is 34.3 Å². The molecule has 0 saturated carbocycles. The van der Waals surface area contributed by atoms with E-state index < -0.39 is 17.6 Å². The Kier molecular flexibility index (Phi) is 5.02. The topological polar surface area (TPSA) is 46.3 Å². The molecule has 1 saturated heterocycles. The zero-order valence-electron chi connectivity index (χ0n) is 12.2. The highest BCUT2D eigenvalue weighted by molar-refractivity contribution is 6.33. The van der Waals surface area contributed by atoms with E-state index in [2.05, 4.69) is 0 Å². The molecule has 0 radical (unpaired) electrons. The molecule has 1 aromatic carbocycles. The summed E-state index contributed by atoms with van der Waals surface area (Å²) in [5, 5.41) is 0.0190. The third-order valence-electron chi connectivity index (χ3n) is 3.96. The van der Waals surface area contributed by atoms with Gasteiger partial charge in [0.05, 0.1) is 16.1 Å². The van der Waals surface area contributed by atoms with Gasteiger partial charge in [0.25, 0.3) is 5.91 Å². The minimum atomic E-state index is -4.51. The van der Waals surface area contributed by atoms with Crippen molar-refractivity contribution in [3.8, 4) is 0 Å². The number of hydrogen-bond acceptors (Lipinski definition) is 2. The Morgan fingerprint density at radius 3 is 2.68 bits per heavy atom. The molecule has 2 N–H and O–H groups in total. The summed E-state index contributed by atoms with van der Waals surface area (Å²) in [6.07, 6.45) is -2.67. The first-order valence-corrected chi connectivity index (χ1v) is 7.53. The van der Waals surface area contributed by atoms with E-state index in [0.29, 0.717) is 13.1 Å². The first-order valence-electron chi connectivity index (χ1n) is 7.15. The number of halogens is 4. The summed E-state index contributed by atoms with van der Waals surface area (Å²) in [5.74, 6) is -0.316. The fourth-order valence-electron chi connectivity index (χ4n) is 2.77. The first kappa shape index (κ1) is 17.1. The Balaban J connectivity index is 2.23. The van der Waals surface area contributed by atoms with Crippen molar-refractivity contribution in [2.45, 2.75) is 32.0 Å². The van der Waals surface area contributed by atoms with E-state index in [1.165, 1.54) is 4.90 Å². The molecule has 2 atom stereocenters. The van der Waals surface area contributed by atoms with Gasteiger partial charge in [0.2, 0.25) is 0 Å². The van der Waals surface area contributed by atoms with Gasteiger partial charge in [-0.1, -0.05) is 24.9 Å². The van der Waals surface area contributed by atoms with Gasteiger partial charge >= 0.3 is 6.18 Å². The van der Waals surface area contributed by atoms with Crippen LogP contribution in [0.2, 0.25) is 5.02 Å².